The molecule has 0 saturated heterocycles. The summed E-state index contributed by atoms with van der Waals surface area (Å²) in [4.78, 5) is 8.84. The average molecular weight is 441 g/mol. The van der Waals surface area contributed by atoms with Gasteiger partial charge in [-0.3, -0.25) is 4.40 Å². The number of sulfone groups is 1. The van der Waals surface area contributed by atoms with E-state index < -0.39 is 15.7 Å². The Morgan fingerprint density at radius 1 is 1.16 bits per heavy atom. The summed E-state index contributed by atoms with van der Waals surface area (Å²) in [5.41, 5.74) is 9.26. The van der Waals surface area contributed by atoms with E-state index in [1.54, 1.807) is 47.1 Å². The van der Waals surface area contributed by atoms with E-state index in [2.05, 4.69) is 9.97 Å². The zero-order valence-corrected chi connectivity index (χ0v) is 18.1. The standard InChI is InChI=1S/C22H21FN4O3S/c1-4-30-14-6-8-16(18(23)9-14)19-12-27-20(11-25-22(27)21(24)26-19)17-10-15(31(3,28)29)7-5-13(17)2/h5-12H,4H2,1-3H3,(H2,24,26). The number of rotatable bonds is 5. The van der Waals surface area contributed by atoms with E-state index in [0.717, 1.165) is 11.8 Å². The van der Waals surface area contributed by atoms with Crippen LogP contribution in [0.2, 0.25) is 0 Å². The highest BCUT2D eigenvalue weighted by Crippen LogP contribution is 2.31. The van der Waals surface area contributed by atoms with Crippen molar-refractivity contribution >= 4 is 21.3 Å². The number of nitrogens with two attached hydrogens (primary N) is 1. The molecule has 9 heteroatoms. The normalized spacial score (nSPS) is 11.7. The highest BCUT2D eigenvalue weighted by atomic mass is 32.2. The fraction of sp³-hybridized carbons (Fsp3) is 0.182. The second-order valence-corrected chi connectivity index (χ2v) is 9.19. The summed E-state index contributed by atoms with van der Waals surface area (Å²) in [7, 11) is -3.39. The minimum Gasteiger partial charge on any atom is -0.494 e. The van der Waals surface area contributed by atoms with Crippen molar-refractivity contribution in [3.8, 4) is 28.3 Å². The van der Waals surface area contributed by atoms with Gasteiger partial charge in [-0.1, -0.05) is 6.07 Å². The van der Waals surface area contributed by atoms with Crippen LogP contribution in [-0.4, -0.2) is 35.6 Å². The highest BCUT2D eigenvalue weighted by Gasteiger charge is 2.17. The molecule has 4 rings (SSSR count). The lowest BCUT2D eigenvalue weighted by molar-refractivity contribution is 0.338. The second-order valence-electron chi connectivity index (χ2n) is 7.17. The summed E-state index contributed by atoms with van der Waals surface area (Å²) < 4.78 is 45.8. The molecule has 0 bridgehead atoms. The molecule has 7 nitrogen and oxygen atoms in total. The van der Waals surface area contributed by atoms with E-state index in [1.165, 1.54) is 6.07 Å². The summed E-state index contributed by atoms with van der Waals surface area (Å²) >= 11 is 0. The van der Waals surface area contributed by atoms with Crippen molar-refractivity contribution < 1.29 is 17.5 Å². The van der Waals surface area contributed by atoms with Crippen LogP contribution in [0.4, 0.5) is 10.2 Å². The van der Waals surface area contributed by atoms with Crippen LogP contribution in [0.15, 0.2) is 53.7 Å². The van der Waals surface area contributed by atoms with Crippen molar-refractivity contribution in [2.75, 3.05) is 18.6 Å². The molecule has 0 radical (unpaired) electrons. The first kappa shape index (κ1) is 20.8. The number of nitrogens with zero attached hydrogens (tertiary/aromatic N) is 3. The first-order valence-electron chi connectivity index (χ1n) is 9.56. The number of halogens is 1. The van der Waals surface area contributed by atoms with Crippen LogP contribution in [-0.2, 0) is 9.84 Å². The summed E-state index contributed by atoms with van der Waals surface area (Å²) in [6.07, 6.45) is 4.39. The Bertz CT molecular complexity index is 1410. The van der Waals surface area contributed by atoms with Crippen molar-refractivity contribution in [1.29, 1.82) is 0 Å². The predicted octanol–water partition coefficient (Wildman–Crippen LogP) is 3.90. The van der Waals surface area contributed by atoms with E-state index in [0.29, 0.717) is 35.0 Å². The molecular formula is C22H21FN4O3S. The quantitative estimate of drug-likeness (QED) is 0.505. The van der Waals surface area contributed by atoms with Crippen LogP contribution in [0.25, 0.3) is 28.2 Å². The largest absolute Gasteiger partial charge is 0.494 e. The molecule has 0 unspecified atom stereocenters. The Hall–Kier alpha value is -3.46. The molecule has 0 atom stereocenters. The lowest BCUT2D eigenvalue weighted by Crippen LogP contribution is -2.02. The molecule has 0 aliphatic rings. The van der Waals surface area contributed by atoms with Gasteiger partial charge in [0.05, 0.1) is 29.1 Å². The fourth-order valence-corrected chi connectivity index (χ4v) is 4.06. The molecule has 2 aromatic carbocycles. The van der Waals surface area contributed by atoms with Crippen LogP contribution in [0.3, 0.4) is 0 Å². The van der Waals surface area contributed by atoms with Gasteiger partial charge in [0.25, 0.3) is 0 Å². The van der Waals surface area contributed by atoms with Crippen molar-refractivity contribution in [3.63, 3.8) is 0 Å². The van der Waals surface area contributed by atoms with Crippen molar-refractivity contribution in [2.45, 2.75) is 18.7 Å². The van der Waals surface area contributed by atoms with Crippen LogP contribution in [0.5, 0.6) is 5.75 Å². The third-order valence-electron chi connectivity index (χ3n) is 4.96. The number of nitrogen functional groups attached to an aromatic ring is 1. The maximum Gasteiger partial charge on any atom is 0.180 e. The fourth-order valence-electron chi connectivity index (χ4n) is 3.41. The van der Waals surface area contributed by atoms with Gasteiger partial charge < -0.3 is 10.5 Å². The number of aromatic nitrogens is 3. The lowest BCUT2D eigenvalue weighted by atomic mass is 10.1. The molecule has 2 heterocycles. The molecule has 0 aliphatic carbocycles. The third-order valence-corrected chi connectivity index (χ3v) is 6.07. The smallest absolute Gasteiger partial charge is 0.180 e. The molecule has 0 amide bonds. The van der Waals surface area contributed by atoms with Crippen molar-refractivity contribution in [1.82, 2.24) is 14.4 Å². The van der Waals surface area contributed by atoms with E-state index in [1.807, 2.05) is 13.8 Å². The Kier molecular flexibility index (Phi) is 5.14. The summed E-state index contributed by atoms with van der Waals surface area (Å²) in [5.74, 6) is 0.0670. The van der Waals surface area contributed by atoms with Crippen LogP contribution in [0.1, 0.15) is 12.5 Å². The van der Waals surface area contributed by atoms with E-state index in [4.69, 9.17) is 10.5 Å². The van der Waals surface area contributed by atoms with Gasteiger partial charge in [-0.15, -0.1) is 0 Å². The highest BCUT2D eigenvalue weighted by molar-refractivity contribution is 7.90. The zero-order valence-electron chi connectivity index (χ0n) is 17.3. The lowest BCUT2D eigenvalue weighted by Gasteiger charge is -2.11. The Morgan fingerprint density at radius 2 is 1.94 bits per heavy atom. The summed E-state index contributed by atoms with van der Waals surface area (Å²) in [6, 6.07) is 9.45. The molecule has 2 aromatic heterocycles. The van der Waals surface area contributed by atoms with E-state index >= 15 is 0 Å². The molecule has 2 N–H and O–H groups in total. The number of hydrogen-bond donors (Lipinski definition) is 1. The number of hydrogen-bond acceptors (Lipinski definition) is 6. The van der Waals surface area contributed by atoms with Gasteiger partial charge in [0.15, 0.2) is 21.3 Å². The predicted molar refractivity (Wildman–Crippen MR) is 117 cm³/mol. The number of imidazole rings is 1. The SMILES string of the molecule is CCOc1ccc(-c2cn3c(-c4cc(S(C)(=O)=O)ccc4C)cnc3c(N)n2)c(F)c1. The molecule has 0 spiro atoms. The van der Waals surface area contributed by atoms with Gasteiger partial charge >= 0.3 is 0 Å². The third kappa shape index (κ3) is 3.84. The number of ether oxygens (including phenoxy) is 1. The summed E-state index contributed by atoms with van der Waals surface area (Å²) in [6.45, 7) is 4.13. The van der Waals surface area contributed by atoms with Crippen LogP contribution >= 0.6 is 0 Å². The first-order valence-corrected chi connectivity index (χ1v) is 11.5. The number of fused-ring (bicyclic) bond motifs is 1. The number of aryl methyl sites for hydroxylation is 1. The number of anilines is 1. The van der Waals surface area contributed by atoms with Crippen molar-refractivity contribution in [2.24, 2.45) is 0 Å². The van der Waals surface area contributed by atoms with Gasteiger partial charge in [-0.25, -0.2) is 22.8 Å². The van der Waals surface area contributed by atoms with Gasteiger partial charge in [0.1, 0.15) is 11.6 Å². The Morgan fingerprint density at radius 3 is 2.61 bits per heavy atom. The maximum atomic E-state index is 14.7. The van der Waals surface area contributed by atoms with Gasteiger partial charge in [-0.2, -0.15) is 0 Å². The second kappa shape index (κ2) is 7.66. The molecule has 0 fully saturated rings. The van der Waals surface area contributed by atoms with Crippen molar-refractivity contribution in [3.05, 3.63) is 60.2 Å². The van der Waals surface area contributed by atoms with Crippen LogP contribution in [0, 0.1) is 12.7 Å². The molecule has 31 heavy (non-hydrogen) atoms. The average Bonchev–Trinajstić information content (AvgIpc) is 3.12. The minimum atomic E-state index is -3.39. The first-order chi connectivity index (χ1) is 14.7. The zero-order chi connectivity index (χ0) is 22.3. The summed E-state index contributed by atoms with van der Waals surface area (Å²) in [5, 5.41) is 0. The molecule has 160 valence electrons. The monoisotopic (exact) mass is 440 g/mol. The van der Waals surface area contributed by atoms with Gasteiger partial charge in [0.2, 0.25) is 0 Å². The topological polar surface area (TPSA) is 99.6 Å². The molecular weight excluding hydrogens is 419 g/mol. The molecule has 0 aliphatic heterocycles. The maximum absolute atomic E-state index is 14.7. The molecule has 0 saturated carbocycles. The van der Waals surface area contributed by atoms with E-state index in [-0.39, 0.29) is 16.3 Å². The van der Waals surface area contributed by atoms with Gasteiger partial charge in [-0.05, 0) is 43.7 Å². The van der Waals surface area contributed by atoms with Crippen LogP contribution < -0.4 is 10.5 Å². The number of benzene rings is 2. The van der Waals surface area contributed by atoms with Gasteiger partial charge in [0, 0.05) is 29.6 Å². The Labute approximate surface area is 179 Å². The molecule has 4 aromatic rings. The minimum absolute atomic E-state index is 0.133. The van der Waals surface area contributed by atoms with E-state index in [9.17, 15) is 12.8 Å². The Balaban J connectivity index is 1.91.